The SMILES string of the molecule is Cc1ccc2c(c1)c1ccccc1n2-c1cc(-c2ccc(C(F)(F)F)cc2C#N)ccc1-c1ccc(C#N)cc1-n1c2ccccc2c2cc(C(F)(F)F)ccc21. The van der Waals surface area contributed by atoms with Crippen molar-refractivity contribution in [3.63, 3.8) is 0 Å². The fraction of sp³-hybridized carbons (Fsp3) is 0.0638. The van der Waals surface area contributed by atoms with Gasteiger partial charge in [-0.05, 0) is 90.8 Å². The highest BCUT2D eigenvalue weighted by molar-refractivity contribution is 6.12. The molecule has 0 saturated carbocycles. The summed E-state index contributed by atoms with van der Waals surface area (Å²) in [4.78, 5) is 0. The van der Waals surface area contributed by atoms with Crippen LogP contribution >= 0.6 is 0 Å². The molecule has 0 saturated heterocycles. The zero-order chi connectivity index (χ0) is 39.8. The third kappa shape index (κ3) is 5.77. The van der Waals surface area contributed by atoms with E-state index in [1.165, 1.54) is 12.1 Å². The number of para-hydroxylation sites is 2. The van der Waals surface area contributed by atoms with Gasteiger partial charge in [0.2, 0.25) is 0 Å². The molecule has 4 nitrogen and oxygen atoms in total. The van der Waals surface area contributed by atoms with Gasteiger partial charge in [0.05, 0.1) is 67.8 Å². The van der Waals surface area contributed by atoms with Crippen molar-refractivity contribution >= 4 is 43.6 Å². The third-order valence-corrected chi connectivity index (χ3v) is 10.5. The maximum absolute atomic E-state index is 14.0. The molecule has 0 N–H and O–H groups in total. The summed E-state index contributed by atoms with van der Waals surface area (Å²) in [5.41, 5.74) is 5.52. The Morgan fingerprint density at radius 3 is 1.58 bits per heavy atom. The molecule has 0 radical (unpaired) electrons. The van der Waals surface area contributed by atoms with Gasteiger partial charge in [-0.2, -0.15) is 36.9 Å². The number of fused-ring (bicyclic) bond motifs is 6. The van der Waals surface area contributed by atoms with Gasteiger partial charge < -0.3 is 9.13 Å². The molecular weight excluding hydrogens is 735 g/mol. The molecule has 57 heavy (non-hydrogen) atoms. The maximum atomic E-state index is 14.0. The number of aryl methyl sites for hydroxylation is 1. The Morgan fingerprint density at radius 1 is 0.456 bits per heavy atom. The summed E-state index contributed by atoms with van der Waals surface area (Å²) >= 11 is 0. The highest BCUT2D eigenvalue weighted by Crippen LogP contribution is 2.44. The largest absolute Gasteiger partial charge is 0.416 e. The van der Waals surface area contributed by atoms with E-state index >= 15 is 0 Å². The fourth-order valence-corrected chi connectivity index (χ4v) is 7.95. The molecule has 0 unspecified atom stereocenters. The Hall–Kier alpha value is -7.30. The van der Waals surface area contributed by atoms with E-state index in [4.69, 9.17) is 0 Å². The van der Waals surface area contributed by atoms with E-state index < -0.39 is 23.5 Å². The van der Waals surface area contributed by atoms with Gasteiger partial charge in [0.15, 0.2) is 0 Å². The van der Waals surface area contributed by atoms with E-state index in [-0.39, 0.29) is 5.56 Å². The fourth-order valence-electron chi connectivity index (χ4n) is 7.95. The van der Waals surface area contributed by atoms with E-state index in [9.17, 15) is 36.9 Å². The van der Waals surface area contributed by atoms with Crippen LogP contribution < -0.4 is 0 Å². The lowest BCUT2D eigenvalue weighted by Crippen LogP contribution is -2.06. The van der Waals surface area contributed by atoms with Crippen molar-refractivity contribution < 1.29 is 26.3 Å². The third-order valence-electron chi connectivity index (χ3n) is 10.5. The monoisotopic (exact) mass is 760 g/mol. The Bertz CT molecular complexity index is 3200. The quantitative estimate of drug-likeness (QED) is 0.168. The molecule has 2 aromatic heterocycles. The molecule has 0 atom stereocenters. The molecule has 0 bridgehead atoms. The molecular formula is C47H26F6N4. The minimum Gasteiger partial charge on any atom is -0.309 e. The van der Waals surface area contributed by atoms with Crippen LogP contribution in [0.5, 0.6) is 0 Å². The van der Waals surface area contributed by atoms with Crippen LogP contribution in [0.25, 0.3) is 77.2 Å². The van der Waals surface area contributed by atoms with Gasteiger partial charge in [0, 0.05) is 32.7 Å². The zero-order valence-electron chi connectivity index (χ0n) is 29.8. The van der Waals surface area contributed by atoms with Gasteiger partial charge in [-0.1, -0.05) is 72.3 Å². The summed E-state index contributed by atoms with van der Waals surface area (Å²) < 4.78 is 87.2. The molecule has 2 heterocycles. The van der Waals surface area contributed by atoms with Crippen molar-refractivity contribution in [2.75, 3.05) is 0 Å². The lowest BCUT2D eigenvalue weighted by atomic mass is 9.93. The lowest BCUT2D eigenvalue weighted by Gasteiger charge is -2.20. The van der Waals surface area contributed by atoms with E-state index in [1.807, 2.05) is 72.2 Å². The van der Waals surface area contributed by atoms with Crippen LogP contribution in [-0.4, -0.2) is 9.13 Å². The molecule has 0 aliphatic rings. The first-order chi connectivity index (χ1) is 27.4. The highest BCUT2D eigenvalue weighted by Gasteiger charge is 2.32. The summed E-state index contributed by atoms with van der Waals surface area (Å²) in [5, 5.41) is 23.1. The molecule has 0 aliphatic carbocycles. The minimum atomic E-state index is -4.65. The Labute approximate surface area is 321 Å². The van der Waals surface area contributed by atoms with E-state index in [0.29, 0.717) is 61.0 Å². The van der Waals surface area contributed by atoms with Crippen LogP contribution in [0.1, 0.15) is 27.8 Å². The van der Waals surface area contributed by atoms with Gasteiger partial charge in [0.1, 0.15) is 0 Å². The lowest BCUT2D eigenvalue weighted by molar-refractivity contribution is -0.138. The first kappa shape index (κ1) is 35.4. The van der Waals surface area contributed by atoms with Crippen LogP contribution in [0.4, 0.5) is 26.3 Å². The van der Waals surface area contributed by atoms with E-state index in [0.717, 1.165) is 51.6 Å². The zero-order valence-corrected chi connectivity index (χ0v) is 29.8. The number of nitriles is 2. The number of halogens is 6. The normalized spacial score (nSPS) is 12.1. The van der Waals surface area contributed by atoms with Crippen LogP contribution in [0.2, 0.25) is 0 Å². The van der Waals surface area contributed by atoms with Crippen LogP contribution in [-0.2, 0) is 12.4 Å². The van der Waals surface area contributed by atoms with Gasteiger partial charge >= 0.3 is 12.4 Å². The van der Waals surface area contributed by atoms with E-state index in [1.54, 1.807) is 42.5 Å². The molecule has 0 fully saturated rings. The smallest absolute Gasteiger partial charge is 0.309 e. The molecule has 9 aromatic rings. The number of benzene rings is 7. The van der Waals surface area contributed by atoms with Gasteiger partial charge in [0.25, 0.3) is 0 Å². The predicted molar refractivity (Wildman–Crippen MR) is 210 cm³/mol. The number of hydrogen-bond acceptors (Lipinski definition) is 2. The summed E-state index contributed by atoms with van der Waals surface area (Å²) in [6.07, 6.45) is -9.22. The molecule has 276 valence electrons. The maximum Gasteiger partial charge on any atom is 0.416 e. The Morgan fingerprint density at radius 2 is 0.965 bits per heavy atom. The summed E-state index contributed by atoms with van der Waals surface area (Å²) in [7, 11) is 0. The average Bonchev–Trinajstić information content (AvgIpc) is 3.71. The highest BCUT2D eigenvalue weighted by atomic mass is 19.4. The first-order valence-electron chi connectivity index (χ1n) is 17.8. The molecule has 10 heteroatoms. The first-order valence-corrected chi connectivity index (χ1v) is 17.8. The Balaban J connectivity index is 1.39. The van der Waals surface area contributed by atoms with Crippen molar-refractivity contribution in [2.45, 2.75) is 19.3 Å². The molecule has 9 rings (SSSR count). The van der Waals surface area contributed by atoms with Gasteiger partial charge in [-0.15, -0.1) is 0 Å². The Kier molecular flexibility index (Phi) is 8.01. The van der Waals surface area contributed by atoms with Crippen LogP contribution in [0.15, 0.2) is 140 Å². The second-order valence-corrected chi connectivity index (χ2v) is 13.9. The van der Waals surface area contributed by atoms with E-state index in [2.05, 4.69) is 16.7 Å². The minimum absolute atomic E-state index is 0.149. The van der Waals surface area contributed by atoms with Crippen molar-refractivity contribution in [3.8, 4) is 45.8 Å². The van der Waals surface area contributed by atoms with Crippen molar-refractivity contribution in [3.05, 3.63) is 167 Å². The summed E-state index contributed by atoms with van der Waals surface area (Å²) in [6.45, 7) is 2.00. The summed E-state index contributed by atoms with van der Waals surface area (Å²) in [6, 6.07) is 42.5. The number of hydrogen-bond donors (Lipinski definition) is 0. The standard InChI is InChI=1S/C47H26F6N4/c1-27-10-18-42-38(20-27)34-6-2-4-8-40(34)57(42)45-23-29(33-17-13-31(46(48,49)50)22-30(33)26-55)12-16-37(45)36-15-11-28(25-54)21-44(36)56-41-9-5-3-7-35(41)39-24-32(47(51,52)53)14-19-43(39)56/h2-24H,1H3. The van der Waals surface area contributed by atoms with Gasteiger partial charge in [-0.25, -0.2) is 0 Å². The molecule has 0 spiro atoms. The second kappa shape index (κ2) is 12.9. The number of nitrogens with zero attached hydrogens (tertiary/aromatic N) is 4. The van der Waals surface area contributed by atoms with Crippen molar-refractivity contribution in [1.82, 2.24) is 9.13 Å². The molecule has 7 aromatic carbocycles. The van der Waals surface area contributed by atoms with Crippen LogP contribution in [0, 0.1) is 29.6 Å². The van der Waals surface area contributed by atoms with Crippen LogP contribution in [0.3, 0.4) is 0 Å². The number of rotatable bonds is 4. The summed E-state index contributed by atoms with van der Waals surface area (Å²) in [5.74, 6) is 0. The topological polar surface area (TPSA) is 57.4 Å². The molecule has 0 aliphatic heterocycles. The second-order valence-electron chi connectivity index (χ2n) is 13.9. The molecule has 0 amide bonds. The van der Waals surface area contributed by atoms with Crippen molar-refractivity contribution in [1.29, 1.82) is 10.5 Å². The predicted octanol–water partition coefficient (Wildman–Crippen LogP) is 13.3. The number of aromatic nitrogens is 2. The van der Waals surface area contributed by atoms with Crippen molar-refractivity contribution in [2.24, 2.45) is 0 Å². The number of alkyl halides is 6. The average molecular weight is 761 g/mol. The van der Waals surface area contributed by atoms with Gasteiger partial charge in [-0.3, -0.25) is 0 Å².